The minimum absolute atomic E-state index is 0.214. The fourth-order valence-electron chi connectivity index (χ4n) is 1.81. The van der Waals surface area contributed by atoms with Crippen LogP contribution in [0.15, 0.2) is 36.4 Å². The number of aromatic carboxylic acids is 1. The quantitative estimate of drug-likeness (QED) is 0.874. The van der Waals surface area contributed by atoms with E-state index in [0.717, 1.165) is 11.4 Å². The van der Waals surface area contributed by atoms with Crippen molar-refractivity contribution in [1.29, 1.82) is 0 Å². The molecule has 2 N–H and O–H groups in total. The highest BCUT2D eigenvalue weighted by Gasteiger charge is 2.06. The summed E-state index contributed by atoms with van der Waals surface area (Å²) in [7, 11) is 0. The molecular formula is C15H16N2O3. The molecule has 0 saturated heterocycles. The predicted octanol–water partition coefficient (Wildman–Crippen LogP) is 3.23. The average molecular weight is 272 g/mol. The predicted molar refractivity (Wildman–Crippen MR) is 76.8 cm³/mol. The van der Waals surface area contributed by atoms with Gasteiger partial charge >= 0.3 is 5.97 Å². The van der Waals surface area contributed by atoms with Crippen LogP contribution in [0.2, 0.25) is 0 Å². The van der Waals surface area contributed by atoms with E-state index in [1.165, 1.54) is 12.1 Å². The summed E-state index contributed by atoms with van der Waals surface area (Å²) < 4.78 is 5.36. The largest absolute Gasteiger partial charge is 0.494 e. The van der Waals surface area contributed by atoms with Crippen molar-refractivity contribution in [3.8, 4) is 5.75 Å². The number of anilines is 2. The second-order valence-corrected chi connectivity index (χ2v) is 4.27. The molecule has 0 spiro atoms. The first-order valence-electron chi connectivity index (χ1n) is 6.30. The van der Waals surface area contributed by atoms with Gasteiger partial charge in [0, 0.05) is 11.4 Å². The van der Waals surface area contributed by atoms with Crippen molar-refractivity contribution >= 4 is 17.5 Å². The number of rotatable bonds is 5. The van der Waals surface area contributed by atoms with Crippen molar-refractivity contribution in [2.24, 2.45) is 0 Å². The SMILES string of the molecule is CCOc1ccc(Nc2cc(C(=O)O)cc(C)n2)cc1. The number of hydrogen-bond acceptors (Lipinski definition) is 4. The lowest BCUT2D eigenvalue weighted by molar-refractivity contribution is 0.0696. The summed E-state index contributed by atoms with van der Waals surface area (Å²) in [5.74, 6) is 0.332. The zero-order valence-corrected chi connectivity index (χ0v) is 11.4. The second kappa shape index (κ2) is 6.06. The Morgan fingerprint density at radius 3 is 2.60 bits per heavy atom. The first kappa shape index (κ1) is 13.9. The number of nitrogens with zero attached hydrogens (tertiary/aromatic N) is 1. The maximum absolute atomic E-state index is 11.0. The molecule has 1 aromatic heterocycles. The van der Waals surface area contributed by atoms with Gasteiger partial charge in [0.25, 0.3) is 0 Å². The lowest BCUT2D eigenvalue weighted by atomic mass is 10.2. The molecule has 5 heteroatoms. The number of carboxylic acid groups (broad SMARTS) is 1. The smallest absolute Gasteiger partial charge is 0.335 e. The van der Waals surface area contributed by atoms with Gasteiger partial charge in [-0.25, -0.2) is 9.78 Å². The molecule has 0 aliphatic heterocycles. The molecule has 0 atom stereocenters. The van der Waals surface area contributed by atoms with Gasteiger partial charge in [0.1, 0.15) is 11.6 Å². The molecule has 0 bridgehead atoms. The first-order chi connectivity index (χ1) is 9.58. The lowest BCUT2D eigenvalue weighted by Crippen LogP contribution is -2.02. The third-order valence-corrected chi connectivity index (χ3v) is 2.64. The minimum Gasteiger partial charge on any atom is -0.494 e. The molecular weight excluding hydrogens is 256 g/mol. The van der Waals surface area contributed by atoms with Crippen LogP contribution in [0.3, 0.4) is 0 Å². The summed E-state index contributed by atoms with van der Waals surface area (Å²) in [5.41, 5.74) is 1.69. The normalized spacial score (nSPS) is 10.1. The monoisotopic (exact) mass is 272 g/mol. The van der Waals surface area contributed by atoms with E-state index >= 15 is 0 Å². The third-order valence-electron chi connectivity index (χ3n) is 2.64. The second-order valence-electron chi connectivity index (χ2n) is 4.27. The molecule has 5 nitrogen and oxygen atoms in total. The molecule has 2 aromatic rings. The zero-order chi connectivity index (χ0) is 14.5. The Labute approximate surface area is 117 Å². The molecule has 0 aliphatic carbocycles. The molecule has 2 rings (SSSR count). The number of carbonyl (C=O) groups is 1. The highest BCUT2D eigenvalue weighted by molar-refractivity contribution is 5.88. The third kappa shape index (κ3) is 3.47. The fraction of sp³-hybridized carbons (Fsp3) is 0.200. The van der Waals surface area contributed by atoms with E-state index in [1.54, 1.807) is 6.92 Å². The van der Waals surface area contributed by atoms with Crippen LogP contribution in [0.1, 0.15) is 23.0 Å². The van der Waals surface area contributed by atoms with Gasteiger partial charge in [-0.05, 0) is 50.2 Å². The van der Waals surface area contributed by atoms with E-state index in [-0.39, 0.29) is 5.56 Å². The molecule has 0 radical (unpaired) electrons. The summed E-state index contributed by atoms with van der Waals surface area (Å²) in [6.45, 7) is 4.31. The van der Waals surface area contributed by atoms with Crippen molar-refractivity contribution in [2.75, 3.05) is 11.9 Å². The van der Waals surface area contributed by atoms with Gasteiger partial charge in [-0.1, -0.05) is 0 Å². The Morgan fingerprint density at radius 1 is 1.30 bits per heavy atom. The number of hydrogen-bond donors (Lipinski definition) is 2. The number of aryl methyl sites for hydroxylation is 1. The number of nitrogens with one attached hydrogen (secondary N) is 1. The lowest BCUT2D eigenvalue weighted by Gasteiger charge is -2.09. The molecule has 0 fully saturated rings. The number of benzene rings is 1. The van der Waals surface area contributed by atoms with E-state index in [9.17, 15) is 4.79 Å². The molecule has 0 saturated carbocycles. The molecule has 20 heavy (non-hydrogen) atoms. The Bertz CT molecular complexity index is 609. The molecule has 0 amide bonds. The van der Waals surface area contributed by atoms with Gasteiger partial charge in [0.05, 0.1) is 12.2 Å². The van der Waals surface area contributed by atoms with Crippen molar-refractivity contribution in [1.82, 2.24) is 4.98 Å². The summed E-state index contributed by atoms with van der Waals surface area (Å²) in [6, 6.07) is 10.4. The van der Waals surface area contributed by atoms with Crippen LogP contribution in [-0.4, -0.2) is 22.7 Å². The summed E-state index contributed by atoms with van der Waals surface area (Å²) in [6.07, 6.45) is 0. The van der Waals surface area contributed by atoms with Crippen LogP contribution in [0.4, 0.5) is 11.5 Å². The van der Waals surface area contributed by atoms with Crippen molar-refractivity contribution in [2.45, 2.75) is 13.8 Å². The van der Waals surface area contributed by atoms with Gasteiger partial charge in [-0.2, -0.15) is 0 Å². The number of aromatic nitrogens is 1. The minimum atomic E-state index is -0.967. The Morgan fingerprint density at radius 2 is 2.00 bits per heavy atom. The van der Waals surface area contributed by atoms with E-state index in [1.807, 2.05) is 31.2 Å². The van der Waals surface area contributed by atoms with Crippen LogP contribution < -0.4 is 10.1 Å². The van der Waals surface area contributed by atoms with E-state index in [2.05, 4.69) is 10.3 Å². The summed E-state index contributed by atoms with van der Waals surface area (Å²) in [5, 5.41) is 12.1. The average Bonchev–Trinajstić information content (AvgIpc) is 2.40. The van der Waals surface area contributed by atoms with Gasteiger partial charge in [0.15, 0.2) is 0 Å². The Hall–Kier alpha value is -2.56. The van der Waals surface area contributed by atoms with Gasteiger partial charge in [-0.15, -0.1) is 0 Å². The highest BCUT2D eigenvalue weighted by Crippen LogP contribution is 2.20. The topological polar surface area (TPSA) is 71.5 Å². The maximum atomic E-state index is 11.0. The fourth-order valence-corrected chi connectivity index (χ4v) is 1.81. The van der Waals surface area contributed by atoms with Crippen molar-refractivity contribution in [3.63, 3.8) is 0 Å². The van der Waals surface area contributed by atoms with Crippen LogP contribution in [0.25, 0.3) is 0 Å². The molecule has 0 aliphatic rings. The van der Waals surface area contributed by atoms with Crippen LogP contribution in [0.5, 0.6) is 5.75 Å². The first-order valence-corrected chi connectivity index (χ1v) is 6.30. The Balaban J connectivity index is 2.19. The van der Waals surface area contributed by atoms with Crippen molar-refractivity contribution in [3.05, 3.63) is 47.7 Å². The van der Waals surface area contributed by atoms with Crippen LogP contribution in [-0.2, 0) is 0 Å². The van der Waals surface area contributed by atoms with Crippen molar-refractivity contribution < 1.29 is 14.6 Å². The van der Waals surface area contributed by atoms with Gasteiger partial charge in [-0.3, -0.25) is 0 Å². The molecule has 104 valence electrons. The molecule has 1 aromatic carbocycles. The number of carboxylic acids is 1. The summed E-state index contributed by atoms with van der Waals surface area (Å²) >= 11 is 0. The Kier molecular flexibility index (Phi) is 4.20. The molecule has 0 unspecified atom stereocenters. The number of pyridine rings is 1. The standard InChI is InChI=1S/C15H16N2O3/c1-3-20-13-6-4-12(5-7-13)17-14-9-11(15(18)19)8-10(2)16-14/h4-9H,3H2,1-2H3,(H,16,17)(H,18,19). The van der Waals surface area contributed by atoms with E-state index in [0.29, 0.717) is 18.1 Å². The maximum Gasteiger partial charge on any atom is 0.335 e. The van der Waals surface area contributed by atoms with Crippen LogP contribution in [0, 0.1) is 6.92 Å². The van der Waals surface area contributed by atoms with E-state index in [4.69, 9.17) is 9.84 Å². The zero-order valence-electron chi connectivity index (χ0n) is 11.4. The number of ether oxygens (including phenoxy) is 1. The van der Waals surface area contributed by atoms with Gasteiger partial charge in [0.2, 0.25) is 0 Å². The van der Waals surface area contributed by atoms with E-state index < -0.39 is 5.97 Å². The summed E-state index contributed by atoms with van der Waals surface area (Å²) in [4.78, 5) is 15.3. The highest BCUT2D eigenvalue weighted by atomic mass is 16.5. The van der Waals surface area contributed by atoms with Gasteiger partial charge < -0.3 is 15.2 Å². The molecule has 1 heterocycles. The van der Waals surface area contributed by atoms with Crippen LogP contribution >= 0.6 is 0 Å².